The summed E-state index contributed by atoms with van der Waals surface area (Å²) in [5.74, 6) is 1.12. The van der Waals surface area contributed by atoms with Gasteiger partial charge >= 0.3 is 0 Å². The molecule has 0 aliphatic rings. The molecule has 30 heavy (non-hydrogen) atoms. The number of likely N-dealkylation sites (N-methyl/N-ethyl adjacent to an activating group) is 1. The largest absolute Gasteiger partial charge is 0.461 e. The fourth-order valence-electron chi connectivity index (χ4n) is 3.40. The van der Waals surface area contributed by atoms with Crippen molar-refractivity contribution in [2.24, 2.45) is 5.41 Å². The van der Waals surface area contributed by atoms with Crippen molar-refractivity contribution in [1.82, 2.24) is 10.6 Å². The molecule has 3 N–H and O–H groups in total. The van der Waals surface area contributed by atoms with E-state index in [2.05, 4.69) is 34.9 Å². The van der Waals surface area contributed by atoms with E-state index in [0.717, 1.165) is 22.5 Å². The molecule has 3 rings (SSSR count). The van der Waals surface area contributed by atoms with Crippen LogP contribution in [0.15, 0.2) is 71.1 Å². The Hall–Kier alpha value is -2.89. The lowest BCUT2D eigenvalue weighted by atomic mass is 9.85. The molecule has 1 amide bonds. The highest BCUT2D eigenvalue weighted by Gasteiger charge is 2.32. The summed E-state index contributed by atoms with van der Waals surface area (Å²) in [4.78, 5) is 12.5. The Morgan fingerprint density at radius 3 is 2.13 bits per heavy atom. The summed E-state index contributed by atoms with van der Waals surface area (Å²) in [5, 5.41) is 15.9. The van der Waals surface area contributed by atoms with Gasteiger partial charge in [-0.3, -0.25) is 10.1 Å². The first-order valence-corrected chi connectivity index (χ1v) is 10.2. The lowest BCUT2D eigenvalue weighted by Crippen LogP contribution is -2.55. The monoisotopic (exact) mass is 406 g/mol. The van der Waals surface area contributed by atoms with Crippen molar-refractivity contribution < 1.29 is 14.3 Å². The molecular formula is C25H30N2O3. The Morgan fingerprint density at radius 2 is 1.53 bits per heavy atom. The van der Waals surface area contributed by atoms with Crippen molar-refractivity contribution in [3.05, 3.63) is 72.5 Å². The molecule has 0 aliphatic heterocycles. The number of benzene rings is 2. The van der Waals surface area contributed by atoms with E-state index in [-0.39, 0.29) is 17.7 Å². The molecule has 0 saturated carbocycles. The Morgan fingerprint density at radius 1 is 0.933 bits per heavy atom. The zero-order valence-corrected chi connectivity index (χ0v) is 18.0. The van der Waals surface area contributed by atoms with Gasteiger partial charge in [-0.05, 0) is 35.7 Å². The van der Waals surface area contributed by atoms with Crippen LogP contribution < -0.4 is 10.6 Å². The van der Waals surface area contributed by atoms with Crippen molar-refractivity contribution in [2.75, 3.05) is 7.05 Å². The first-order chi connectivity index (χ1) is 14.3. The second kappa shape index (κ2) is 9.28. The van der Waals surface area contributed by atoms with Gasteiger partial charge in [0, 0.05) is 5.56 Å². The molecule has 0 bridgehead atoms. The summed E-state index contributed by atoms with van der Waals surface area (Å²) in [6.45, 7) is 5.92. The van der Waals surface area contributed by atoms with Crippen LogP contribution >= 0.6 is 0 Å². The first-order valence-electron chi connectivity index (χ1n) is 10.2. The minimum absolute atomic E-state index is 0.116. The smallest absolute Gasteiger partial charge is 0.227 e. The number of aliphatic hydroxyl groups is 1. The topological polar surface area (TPSA) is 74.5 Å². The molecule has 1 unspecified atom stereocenters. The number of carbonyl (C=O) groups excluding carboxylic acids is 1. The highest BCUT2D eigenvalue weighted by atomic mass is 16.3. The van der Waals surface area contributed by atoms with Crippen molar-refractivity contribution in [3.8, 4) is 22.5 Å². The highest BCUT2D eigenvalue weighted by molar-refractivity contribution is 5.78. The molecule has 5 heteroatoms. The number of nitrogens with one attached hydrogen (secondary N) is 2. The van der Waals surface area contributed by atoms with Gasteiger partial charge in [-0.2, -0.15) is 0 Å². The Bertz CT molecular complexity index is 956. The maximum atomic E-state index is 12.5. The molecule has 1 aromatic heterocycles. The lowest BCUT2D eigenvalue weighted by molar-refractivity contribution is -0.123. The summed E-state index contributed by atoms with van der Waals surface area (Å²) in [6, 6.07) is 21.6. The van der Waals surface area contributed by atoms with Crippen molar-refractivity contribution in [2.45, 2.75) is 39.5 Å². The normalized spacial score (nSPS) is 13.6. The molecule has 0 spiro atoms. The van der Waals surface area contributed by atoms with E-state index < -0.39 is 12.3 Å². The first kappa shape index (κ1) is 21.8. The molecule has 5 nitrogen and oxygen atoms in total. The SMILES string of the molecule is CNC(O)[C@@H](NC(=O)Cc1ccc(-c2ccc(-c3ccccc3)cc2)o1)C(C)(C)C. The molecule has 2 aromatic carbocycles. The number of rotatable bonds is 7. The van der Waals surface area contributed by atoms with Gasteiger partial charge in [0.2, 0.25) is 5.91 Å². The third-order valence-electron chi connectivity index (χ3n) is 5.13. The average molecular weight is 407 g/mol. The standard InChI is InChI=1S/C25H30N2O3/c1-25(2,3)23(24(29)26-4)27-22(28)16-20-14-15-21(30-20)19-12-10-18(11-13-19)17-8-6-5-7-9-17/h5-15,23-24,26,29H,16H2,1-4H3,(H,27,28)/t23-,24?/m1/s1. The van der Waals surface area contributed by atoms with Crippen molar-refractivity contribution in [3.63, 3.8) is 0 Å². The van der Waals surface area contributed by atoms with E-state index in [1.54, 1.807) is 7.05 Å². The summed E-state index contributed by atoms with van der Waals surface area (Å²) in [7, 11) is 1.66. The maximum Gasteiger partial charge on any atom is 0.227 e. The molecular weight excluding hydrogens is 376 g/mol. The Balaban J connectivity index is 1.67. The van der Waals surface area contributed by atoms with Gasteiger partial charge in [0.05, 0.1) is 12.5 Å². The minimum atomic E-state index is -0.829. The summed E-state index contributed by atoms with van der Waals surface area (Å²) >= 11 is 0. The van der Waals surface area contributed by atoms with Crippen molar-refractivity contribution in [1.29, 1.82) is 0 Å². The van der Waals surface area contributed by atoms with Crippen LogP contribution in [0.25, 0.3) is 22.5 Å². The van der Waals surface area contributed by atoms with Crippen LogP contribution in [0.3, 0.4) is 0 Å². The zero-order valence-electron chi connectivity index (χ0n) is 18.0. The number of amides is 1. The van der Waals surface area contributed by atoms with Gasteiger partial charge in [-0.1, -0.05) is 75.4 Å². The zero-order chi connectivity index (χ0) is 21.7. The lowest BCUT2D eigenvalue weighted by Gasteiger charge is -2.34. The van der Waals surface area contributed by atoms with Crippen LogP contribution in [0, 0.1) is 5.41 Å². The average Bonchev–Trinajstić information content (AvgIpc) is 3.20. The van der Waals surface area contributed by atoms with Gasteiger partial charge in [0.25, 0.3) is 0 Å². The van der Waals surface area contributed by atoms with Crippen LogP contribution in [0.1, 0.15) is 26.5 Å². The van der Waals surface area contributed by atoms with E-state index in [9.17, 15) is 9.90 Å². The molecule has 1 heterocycles. The molecule has 3 aromatic rings. The van der Waals surface area contributed by atoms with Gasteiger partial charge < -0.3 is 14.8 Å². The molecule has 2 atom stereocenters. The summed E-state index contributed by atoms with van der Waals surface area (Å²) in [6.07, 6.45) is -0.713. The second-order valence-electron chi connectivity index (χ2n) is 8.53. The second-order valence-corrected chi connectivity index (χ2v) is 8.53. The fraction of sp³-hybridized carbons (Fsp3) is 0.320. The van der Waals surface area contributed by atoms with Crippen LogP contribution in [0.5, 0.6) is 0 Å². The maximum absolute atomic E-state index is 12.5. The van der Waals surface area contributed by atoms with Gasteiger partial charge in [-0.15, -0.1) is 0 Å². The highest BCUT2D eigenvalue weighted by Crippen LogP contribution is 2.27. The number of carbonyl (C=O) groups is 1. The van der Waals surface area contributed by atoms with Crippen LogP contribution in [-0.4, -0.2) is 30.3 Å². The van der Waals surface area contributed by atoms with Crippen LogP contribution in [-0.2, 0) is 11.2 Å². The van der Waals surface area contributed by atoms with E-state index in [0.29, 0.717) is 5.76 Å². The Kier molecular flexibility index (Phi) is 6.75. The van der Waals surface area contributed by atoms with Gasteiger partial charge in [0.15, 0.2) is 0 Å². The van der Waals surface area contributed by atoms with E-state index in [1.165, 1.54) is 0 Å². The van der Waals surface area contributed by atoms with Crippen LogP contribution in [0.4, 0.5) is 0 Å². The van der Waals surface area contributed by atoms with E-state index in [1.807, 2.05) is 63.2 Å². The number of aliphatic hydroxyl groups excluding tert-OH is 1. The summed E-state index contributed by atoms with van der Waals surface area (Å²) in [5.41, 5.74) is 2.96. The fourth-order valence-corrected chi connectivity index (χ4v) is 3.40. The third kappa shape index (κ3) is 5.38. The minimum Gasteiger partial charge on any atom is -0.461 e. The predicted octanol–water partition coefficient (Wildman–Crippen LogP) is 4.22. The van der Waals surface area contributed by atoms with Gasteiger partial charge in [-0.25, -0.2) is 0 Å². The number of hydrogen-bond donors (Lipinski definition) is 3. The molecule has 0 aliphatic carbocycles. The number of hydrogen-bond acceptors (Lipinski definition) is 4. The van der Waals surface area contributed by atoms with E-state index >= 15 is 0 Å². The Labute approximate surface area is 178 Å². The van der Waals surface area contributed by atoms with Crippen molar-refractivity contribution >= 4 is 5.91 Å². The quantitative estimate of drug-likeness (QED) is 0.514. The molecule has 0 radical (unpaired) electrons. The van der Waals surface area contributed by atoms with Gasteiger partial charge in [0.1, 0.15) is 17.7 Å². The predicted molar refractivity (Wildman–Crippen MR) is 120 cm³/mol. The summed E-state index contributed by atoms with van der Waals surface area (Å²) < 4.78 is 5.90. The molecule has 0 fully saturated rings. The van der Waals surface area contributed by atoms with Crippen LogP contribution in [0.2, 0.25) is 0 Å². The molecule has 0 saturated heterocycles. The van der Waals surface area contributed by atoms with E-state index in [4.69, 9.17) is 4.42 Å². The number of furan rings is 1. The molecule has 158 valence electrons. The third-order valence-corrected chi connectivity index (χ3v) is 5.13.